The summed E-state index contributed by atoms with van der Waals surface area (Å²) >= 11 is 1.70. The summed E-state index contributed by atoms with van der Waals surface area (Å²) in [5.41, 5.74) is 5.52. The molecule has 1 saturated carbocycles. The van der Waals surface area contributed by atoms with Crippen LogP contribution in [0.25, 0.3) is 0 Å². The molecule has 3 rings (SSSR count). The van der Waals surface area contributed by atoms with Gasteiger partial charge >= 0.3 is 5.97 Å². The first kappa shape index (κ1) is 34.9. The number of ether oxygens (including phenoxy) is 2. The number of likely N-dealkylation sites (N-methyl/N-ethyl adjacent to an activating group) is 1. The molecule has 0 aromatic rings. The normalized spacial score (nSPS) is 25.0. The standard InChI is InChI=1S/C15H27N3O3S.C7H10O2.C4H6.C2H6/c1-17(2)13(10-4-6-21-7-5-10)15(20)18-9-11(22-3)8-12(18)14(16)19;1-3-5-4-6(5)7(8)9-2;1-3-4-2;1-2/h10-13H,4-9H2,1-3H3,(H2,16,19);3,5-6H,1,4H2,2H3;3-4H,1-2H2;1-2H3/t11?,12?,13-;;;/m0.../s1. The Bertz CT molecular complexity index is 733. The first-order valence-corrected chi connectivity index (χ1v) is 14.3. The topological polar surface area (TPSA) is 102 Å². The second kappa shape index (κ2) is 19.0. The smallest absolute Gasteiger partial charge is 0.309 e. The van der Waals surface area contributed by atoms with Gasteiger partial charge in [-0.3, -0.25) is 19.3 Å². The first-order valence-electron chi connectivity index (χ1n) is 13.0. The fraction of sp³-hybridized carbons (Fsp3) is 0.679. The number of hydrogen-bond acceptors (Lipinski definition) is 7. The van der Waals surface area contributed by atoms with Gasteiger partial charge in [0.1, 0.15) is 6.04 Å². The molecule has 2 aliphatic heterocycles. The van der Waals surface area contributed by atoms with E-state index in [1.807, 2.05) is 45.2 Å². The van der Waals surface area contributed by atoms with Crippen LogP contribution in [0.4, 0.5) is 0 Å². The van der Waals surface area contributed by atoms with Gasteiger partial charge in [-0.2, -0.15) is 11.8 Å². The van der Waals surface area contributed by atoms with Gasteiger partial charge < -0.3 is 20.1 Å². The van der Waals surface area contributed by atoms with E-state index >= 15 is 0 Å². The molecule has 4 unspecified atom stereocenters. The van der Waals surface area contributed by atoms with E-state index in [9.17, 15) is 14.4 Å². The number of carbonyl (C=O) groups is 3. The number of nitrogens with zero attached hydrogens (tertiary/aromatic N) is 2. The van der Waals surface area contributed by atoms with Gasteiger partial charge in [0.05, 0.1) is 19.1 Å². The van der Waals surface area contributed by atoms with Crippen molar-refractivity contribution in [3.8, 4) is 0 Å². The monoisotopic (exact) mass is 539 g/mol. The number of amides is 2. The molecule has 0 aromatic heterocycles. The fourth-order valence-corrected chi connectivity index (χ4v) is 5.11. The van der Waals surface area contributed by atoms with Crippen LogP contribution in [0.15, 0.2) is 38.0 Å². The molecule has 37 heavy (non-hydrogen) atoms. The Kier molecular flexibility index (Phi) is 18.0. The zero-order chi connectivity index (χ0) is 28.5. The largest absolute Gasteiger partial charge is 0.469 e. The molecular weight excluding hydrogens is 490 g/mol. The average molecular weight is 540 g/mol. The van der Waals surface area contributed by atoms with Crippen LogP contribution >= 0.6 is 11.8 Å². The van der Waals surface area contributed by atoms with E-state index in [-0.39, 0.29) is 29.8 Å². The quantitative estimate of drug-likeness (QED) is 0.286. The summed E-state index contributed by atoms with van der Waals surface area (Å²) in [5, 5.41) is 0.291. The van der Waals surface area contributed by atoms with Gasteiger partial charge in [-0.05, 0) is 57.9 Å². The third kappa shape index (κ3) is 11.4. The molecule has 9 heteroatoms. The average Bonchev–Trinajstić information content (AvgIpc) is 3.58. The highest BCUT2D eigenvalue weighted by Crippen LogP contribution is 2.39. The third-order valence-corrected chi connectivity index (χ3v) is 7.55. The van der Waals surface area contributed by atoms with Crippen molar-refractivity contribution in [3.05, 3.63) is 38.0 Å². The summed E-state index contributed by atoms with van der Waals surface area (Å²) in [5.74, 6) is 0.328. The Morgan fingerprint density at radius 1 is 1.11 bits per heavy atom. The van der Waals surface area contributed by atoms with Crippen LogP contribution in [-0.4, -0.2) is 92.1 Å². The van der Waals surface area contributed by atoms with Crippen LogP contribution < -0.4 is 5.73 Å². The maximum atomic E-state index is 13.1. The van der Waals surface area contributed by atoms with Crippen molar-refractivity contribution < 1.29 is 23.9 Å². The van der Waals surface area contributed by atoms with Crippen molar-refractivity contribution in [1.29, 1.82) is 0 Å². The molecule has 0 bridgehead atoms. The van der Waals surface area contributed by atoms with Gasteiger partial charge in [0.2, 0.25) is 11.8 Å². The molecule has 8 nitrogen and oxygen atoms in total. The molecule has 212 valence electrons. The molecule has 0 spiro atoms. The van der Waals surface area contributed by atoms with Crippen LogP contribution in [-0.2, 0) is 23.9 Å². The lowest BCUT2D eigenvalue weighted by atomic mass is 9.90. The number of methoxy groups -OCH3 is 1. The van der Waals surface area contributed by atoms with Crippen molar-refractivity contribution in [2.45, 2.75) is 56.9 Å². The summed E-state index contributed by atoms with van der Waals surface area (Å²) < 4.78 is 9.93. The number of esters is 1. The minimum absolute atomic E-state index is 0.0391. The molecule has 3 fully saturated rings. The number of likely N-dealkylation sites (tertiary alicyclic amines) is 1. The van der Waals surface area contributed by atoms with Crippen LogP contribution in [0.3, 0.4) is 0 Å². The molecule has 2 saturated heterocycles. The zero-order valence-corrected chi connectivity index (χ0v) is 24.5. The lowest BCUT2D eigenvalue weighted by Crippen LogP contribution is -2.54. The second-order valence-electron chi connectivity index (χ2n) is 9.10. The molecule has 0 aromatic carbocycles. The molecular formula is C28H49N3O5S. The summed E-state index contributed by atoms with van der Waals surface area (Å²) in [6, 6.07) is -0.668. The number of rotatable bonds is 8. The number of carbonyl (C=O) groups excluding carboxylic acids is 3. The van der Waals surface area contributed by atoms with Gasteiger partial charge in [-0.25, -0.2) is 0 Å². The molecule has 5 atom stereocenters. The van der Waals surface area contributed by atoms with E-state index in [4.69, 9.17) is 10.5 Å². The maximum absolute atomic E-state index is 13.1. The molecule has 3 aliphatic rings. The van der Waals surface area contributed by atoms with Crippen molar-refractivity contribution in [3.63, 3.8) is 0 Å². The highest BCUT2D eigenvalue weighted by molar-refractivity contribution is 7.99. The van der Waals surface area contributed by atoms with Crippen molar-refractivity contribution in [2.24, 2.45) is 23.5 Å². The molecule has 1 aliphatic carbocycles. The minimum atomic E-state index is -0.466. The van der Waals surface area contributed by atoms with Crippen LogP contribution in [0.1, 0.15) is 39.5 Å². The van der Waals surface area contributed by atoms with E-state index in [0.717, 1.165) is 19.3 Å². The number of hydrogen-bond donors (Lipinski definition) is 1. The van der Waals surface area contributed by atoms with Crippen molar-refractivity contribution in [1.82, 2.24) is 9.80 Å². The number of thioether (sulfide) groups is 1. The number of primary amides is 1. The van der Waals surface area contributed by atoms with Gasteiger partial charge in [-0.1, -0.05) is 45.2 Å². The highest BCUT2D eigenvalue weighted by atomic mass is 32.2. The van der Waals surface area contributed by atoms with Gasteiger partial charge in [0.15, 0.2) is 0 Å². The van der Waals surface area contributed by atoms with Crippen LogP contribution in [0, 0.1) is 17.8 Å². The maximum Gasteiger partial charge on any atom is 0.309 e. The molecule has 0 radical (unpaired) electrons. The van der Waals surface area contributed by atoms with E-state index in [1.165, 1.54) is 7.11 Å². The van der Waals surface area contributed by atoms with Gasteiger partial charge in [0, 0.05) is 25.0 Å². The summed E-state index contributed by atoms with van der Waals surface area (Å²) in [6.07, 6.45) is 10.5. The van der Waals surface area contributed by atoms with E-state index in [1.54, 1.807) is 28.8 Å². The Labute approximate surface area is 228 Å². The Balaban J connectivity index is 0.000000711. The highest BCUT2D eigenvalue weighted by Gasteiger charge is 2.43. The van der Waals surface area contributed by atoms with Crippen molar-refractivity contribution in [2.75, 3.05) is 47.2 Å². The summed E-state index contributed by atoms with van der Waals surface area (Å²) in [7, 11) is 5.28. The number of nitrogens with two attached hydrogens (primary N) is 1. The van der Waals surface area contributed by atoms with Crippen molar-refractivity contribution >= 4 is 29.5 Å². The summed E-state index contributed by atoms with van der Waals surface area (Å²) in [6.45, 7) is 16.3. The lowest BCUT2D eigenvalue weighted by molar-refractivity contribution is -0.144. The molecule has 2 N–H and O–H groups in total. The minimum Gasteiger partial charge on any atom is -0.469 e. The lowest BCUT2D eigenvalue weighted by Gasteiger charge is -2.37. The Morgan fingerprint density at radius 3 is 2.05 bits per heavy atom. The number of allylic oxidation sites excluding steroid dienone is 3. The van der Waals surface area contributed by atoms with Crippen LogP contribution in [0.2, 0.25) is 0 Å². The van der Waals surface area contributed by atoms with Gasteiger partial charge in [0.25, 0.3) is 0 Å². The first-order chi connectivity index (χ1) is 17.7. The molecule has 2 amide bonds. The summed E-state index contributed by atoms with van der Waals surface area (Å²) in [4.78, 5) is 39.2. The van der Waals surface area contributed by atoms with E-state index < -0.39 is 11.9 Å². The zero-order valence-electron chi connectivity index (χ0n) is 23.7. The van der Waals surface area contributed by atoms with E-state index in [0.29, 0.717) is 37.3 Å². The Morgan fingerprint density at radius 2 is 1.68 bits per heavy atom. The van der Waals surface area contributed by atoms with Crippen LogP contribution in [0.5, 0.6) is 0 Å². The third-order valence-electron chi connectivity index (χ3n) is 6.54. The SMILES string of the molecule is C=CC1CC1C(=O)OC.C=CC=C.CC.CSC1CC(C(N)=O)N(C(=O)[C@H](C2CCOCC2)N(C)C)C1. The predicted octanol–water partition coefficient (Wildman–Crippen LogP) is 3.53. The fourth-order valence-electron chi connectivity index (χ4n) is 4.42. The second-order valence-corrected chi connectivity index (χ2v) is 10.2. The Hall–Kier alpha value is -2.10. The molecule has 2 heterocycles. The predicted molar refractivity (Wildman–Crippen MR) is 153 cm³/mol. The van der Waals surface area contributed by atoms with E-state index in [2.05, 4.69) is 24.5 Å². The van der Waals surface area contributed by atoms with Gasteiger partial charge in [-0.15, -0.1) is 6.58 Å².